The quantitative estimate of drug-likeness (QED) is 0.815. The Hall–Kier alpha value is -1.16. The average molecular weight is 221 g/mol. The molecular weight excluding hydrogens is 202 g/mol. The van der Waals surface area contributed by atoms with Crippen molar-refractivity contribution in [1.82, 2.24) is 9.97 Å². The van der Waals surface area contributed by atoms with Crippen LogP contribution in [0.15, 0.2) is 6.07 Å². The van der Waals surface area contributed by atoms with Crippen LogP contribution in [0.1, 0.15) is 38.2 Å². The molecule has 1 aromatic heterocycles. The third-order valence-electron chi connectivity index (χ3n) is 2.98. The molecule has 0 aliphatic heterocycles. The smallest absolute Gasteiger partial charge is 0.130 e. The van der Waals surface area contributed by atoms with Gasteiger partial charge in [-0.15, -0.1) is 0 Å². The predicted octanol–water partition coefficient (Wildman–Crippen LogP) is 1.67. The molecule has 2 N–H and O–H groups in total. The molecule has 16 heavy (non-hydrogen) atoms. The van der Waals surface area contributed by atoms with Gasteiger partial charge in [-0.2, -0.15) is 0 Å². The van der Waals surface area contributed by atoms with Crippen LogP contribution in [-0.4, -0.2) is 26.7 Å². The Morgan fingerprint density at radius 3 is 2.75 bits per heavy atom. The SMILES string of the molecule is CCc1cc(NC2CC(C)(O)C2)nc(C)n1. The average Bonchev–Trinajstić information content (AvgIpc) is 2.14. The number of aryl methyl sites for hydroxylation is 2. The molecule has 1 heterocycles. The van der Waals surface area contributed by atoms with Gasteiger partial charge < -0.3 is 10.4 Å². The third-order valence-corrected chi connectivity index (χ3v) is 2.98. The van der Waals surface area contributed by atoms with Crippen LogP contribution in [0.5, 0.6) is 0 Å². The van der Waals surface area contributed by atoms with Crippen LogP contribution in [0.4, 0.5) is 5.82 Å². The molecule has 1 fully saturated rings. The zero-order valence-corrected chi connectivity index (χ0v) is 10.1. The molecule has 1 aliphatic carbocycles. The van der Waals surface area contributed by atoms with Gasteiger partial charge in [-0.3, -0.25) is 0 Å². The number of hydrogen-bond acceptors (Lipinski definition) is 4. The number of aromatic nitrogens is 2. The molecule has 0 aromatic carbocycles. The van der Waals surface area contributed by atoms with Gasteiger partial charge in [0, 0.05) is 17.8 Å². The van der Waals surface area contributed by atoms with Crippen LogP contribution in [0.25, 0.3) is 0 Å². The maximum absolute atomic E-state index is 9.64. The number of rotatable bonds is 3. The summed E-state index contributed by atoms with van der Waals surface area (Å²) in [5, 5.41) is 13.0. The zero-order chi connectivity index (χ0) is 11.8. The lowest BCUT2D eigenvalue weighted by Gasteiger charge is -2.41. The second-order valence-corrected chi connectivity index (χ2v) is 4.89. The van der Waals surface area contributed by atoms with E-state index in [2.05, 4.69) is 22.2 Å². The summed E-state index contributed by atoms with van der Waals surface area (Å²) in [6.45, 7) is 5.86. The highest BCUT2D eigenvalue weighted by molar-refractivity contribution is 5.38. The topological polar surface area (TPSA) is 58.0 Å². The molecule has 0 unspecified atom stereocenters. The largest absolute Gasteiger partial charge is 0.390 e. The van der Waals surface area contributed by atoms with E-state index in [4.69, 9.17) is 0 Å². The highest BCUT2D eigenvalue weighted by atomic mass is 16.3. The summed E-state index contributed by atoms with van der Waals surface area (Å²) < 4.78 is 0. The van der Waals surface area contributed by atoms with E-state index in [-0.39, 0.29) is 0 Å². The fourth-order valence-corrected chi connectivity index (χ4v) is 2.20. The van der Waals surface area contributed by atoms with Crippen molar-refractivity contribution in [2.24, 2.45) is 0 Å². The first-order chi connectivity index (χ1) is 7.48. The van der Waals surface area contributed by atoms with Crippen molar-refractivity contribution in [3.05, 3.63) is 17.6 Å². The lowest BCUT2D eigenvalue weighted by atomic mass is 9.77. The van der Waals surface area contributed by atoms with Crippen LogP contribution in [0.3, 0.4) is 0 Å². The monoisotopic (exact) mass is 221 g/mol. The standard InChI is InChI=1S/C12H19N3O/c1-4-9-5-11(14-8(2)13-9)15-10-6-12(3,16)7-10/h5,10,16H,4,6-7H2,1-3H3,(H,13,14,15). The molecule has 0 radical (unpaired) electrons. The number of nitrogens with zero attached hydrogens (tertiary/aromatic N) is 2. The Balaban J connectivity index is 2.02. The normalized spacial score (nSPS) is 28.6. The van der Waals surface area contributed by atoms with Crippen molar-refractivity contribution in [3.63, 3.8) is 0 Å². The maximum Gasteiger partial charge on any atom is 0.130 e. The van der Waals surface area contributed by atoms with Crippen molar-refractivity contribution in [2.45, 2.75) is 51.7 Å². The maximum atomic E-state index is 9.64. The van der Waals surface area contributed by atoms with Crippen molar-refractivity contribution >= 4 is 5.82 Å². The van der Waals surface area contributed by atoms with Gasteiger partial charge in [-0.05, 0) is 33.1 Å². The summed E-state index contributed by atoms with van der Waals surface area (Å²) >= 11 is 0. The van der Waals surface area contributed by atoms with E-state index in [1.54, 1.807) is 0 Å². The predicted molar refractivity (Wildman–Crippen MR) is 63.4 cm³/mol. The van der Waals surface area contributed by atoms with Crippen molar-refractivity contribution in [3.8, 4) is 0 Å². The number of anilines is 1. The first-order valence-corrected chi connectivity index (χ1v) is 5.82. The molecule has 88 valence electrons. The second-order valence-electron chi connectivity index (χ2n) is 4.89. The minimum atomic E-state index is -0.493. The van der Waals surface area contributed by atoms with Crippen LogP contribution in [-0.2, 0) is 6.42 Å². The number of aliphatic hydroxyl groups is 1. The zero-order valence-electron chi connectivity index (χ0n) is 10.1. The lowest BCUT2D eigenvalue weighted by Crippen LogP contribution is -2.48. The molecule has 1 aromatic rings. The van der Waals surface area contributed by atoms with Crippen molar-refractivity contribution in [2.75, 3.05) is 5.32 Å². The van der Waals surface area contributed by atoms with E-state index in [1.165, 1.54) is 0 Å². The van der Waals surface area contributed by atoms with Crippen molar-refractivity contribution in [1.29, 1.82) is 0 Å². The molecule has 1 aliphatic rings. The fourth-order valence-electron chi connectivity index (χ4n) is 2.20. The Bertz CT molecular complexity index is 382. The Kier molecular flexibility index (Phi) is 2.84. The summed E-state index contributed by atoms with van der Waals surface area (Å²) in [5.74, 6) is 1.68. The summed E-state index contributed by atoms with van der Waals surface area (Å²) in [7, 11) is 0. The molecule has 0 spiro atoms. The van der Waals surface area contributed by atoms with Gasteiger partial charge in [0.2, 0.25) is 0 Å². The van der Waals surface area contributed by atoms with Crippen LogP contribution in [0, 0.1) is 6.92 Å². The molecule has 1 saturated carbocycles. The van der Waals surface area contributed by atoms with E-state index < -0.39 is 5.60 Å². The van der Waals surface area contributed by atoms with Crippen molar-refractivity contribution < 1.29 is 5.11 Å². The first-order valence-electron chi connectivity index (χ1n) is 5.82. The Labute approximate surface area is 96.1 Å². The number of hydrogen-bond donors (Lipinski definition) is 2. The summed E-state index contributed by atoms with van der Waals surface area (Å²) in [5.41, 5.74) is 0.564. The first kappa shape index (κ1) is 11.3. The van der Waals surface area contributed by atoms with Gasteiger partial charge >= 0.3 is 0 Å². The van der Waals surface area contributed by atoms with Crippen LogP contribution >= 0.6 is 0 Å². The minimum Gasteiger partial charge on any atom is -0.390 e. The van der Waals surface area contributed by atoms with Gasteiger partial charge in [0.1, 0.15) is 11.6 Å². The number of nitrogens with one attached hydrogen (secondary N) is 1. The highest BCUT2D eigenvalue weighted by Gasteiger charge is 2.38. The lowest BCUT2D eigenvalue weighted by molar-refractivity contribution is -0.0235. The molecule has 0 amide bonds. The second kappa shape index (κ2) is 4.01. The van der Waals surface area contributed by atoms with Crippen LogP contribution in [0.2, 0.25) is 0 Å². The summed E-state index contributed by atoms with van der Waals surface area (Å²) in [6, 6.07) is 2.33. The Morgan fingerprint density at radius 1 is 1.50 bits per heavy atom. The molecule has 4 heteroatoms. The molecule has 0 atom stereocenters. The van der Waals surface area contributed by atoms with Crippen LogP contribution < -0.4 is 5.32 Å². The molecule has 4 nitrogen and oxygen atoms in total. The molecule has 0 bridgehead atoms. The summed E-state index contributed by atoms with van der Waals surface area (Å²) in [4.78, 5) is 8.68. The van der Waals surface area contributed by atoms with Gasteiger partial charge in [0.25, 0.3) is 0 Å². The van der Waals surface area contributed by atoms with E-state index >= 15 is 0 Å². The van der Waals surface area contributed by atoms with Gasteiger partial charge in [-0.25, -0.2) is 9.97 Å². The van der Waals surface area contributed by atoms with Gasteiger partial charge in [0.05, 0.1) is 5.60 Å². The molecule has 0 saturated heterocycles. The van der Waals surface area contributed by atoms with Gasteiger partial charge in [0.15, 0.2) is 0 Å². The van der Waals surface area contributed by atoms with E-state index in [1.807, 2.05) is 19.9 Å². The van der Waals surface area contributed by atoms with E-state index in [0.717, 1.165) is 36.6 Å². The highest BCUT2D eigenvalue weighted by Crippen LogP contribution is 2.33. The minimum absolute atomic E-state index is 0.342. The fraction of sp³-hybridized carbons (Fsp3) is 0.667. The Morgan fingerprint density at radius 2 is 2.19 bits per heavy atom. The molecular formula is C12H19N3O. The molecule has 2 rings (SSSR count). The third kappa shape index (κ3) is 2.50. The summed E-state index contributed by atoms with van der Waals surface area (Å²) in [6.07, 6.45) is 2.50. The van der Waals surface area contributed by atoms with Gasteiger partial charge in [-0.1, -0.05) is 6.92 Å². The van der Waals surface area contributed by atoms with E-state index in [0.29, 0.717) is 6.04 Å². The van der Waals surface area contributed by atoms with E-state index in [9.17, 15) is 5.11 Å².